The lowest BCUT2D eigenvalue weighted by atomic mass is 10.0. The molecule has 0 heterocycles. The molecule has 1 atom stereocenters. The van der Waals surface area contributed by atoms with Gasteiger partial charge in [0.05, 0.1) is 6.61 Å². The van der Waals surface area contributed by atoms with Gasteiger partial charge in [-0.15, -0.1) is 0 Å². The van der Waals surface area contributed by atoms with Gasteiger partial charge in [-0.05, 0) is 12.3 Å². The third kappa shape index (κ3) is 9.91. The fourth-order valence-corrected chi connectivity index (χ4v) is 1.52. The summed E-state index contributed by atoms with van der Waals surface area (Å²) in [5.74, 6) is 1.24. The van der Waals surface area contributed by atoms with Crippen LogP contribution in [0.4, 0.5) is 0 Å². The molecule has 0 aromatic heterocycles. The molecule has 100 valence electrons. The molecule has 0 aromatic rings. The van der Waals surface area contributed by atoms with Crippen LogP contribution in [0.3, 0.4) is 0 Å². The lowest BCUT2D eigenvalue weighted by molar-refractivity contribution is -0.108. The van der Waals surface area contributed by atoms with Crippen LogP contribution in [0.1, 0.15) is 46.0 Å². The number of carbonyl (C=O) groups is 1. The summed E-state index contributed by atoms with van der Waals surface area (Å²) in [5.41, 5.74) is 0. The highest BCUT2D eigenvalue weighted by Crippen LogP contribution is 2.12. The molecule has 0 rings (SSSR count). The highest BCUT2D eigenvalue weighted by Gasteiger charge is 1.99. The molecule has 3 nitrogen and oxygen atoms in total. The van der Waals surface area contributed by atoms with Crippen molar-refractivity contribution in [3.8, 4) is 0 Å². The van der Waals surface area contributed by atoms with E-state index in [4.69, 9.17) is 4.74 Å². The standard InChI is InChI=1S/C14H27NO2/c1-5-13(2)9-7-6-8-10-17-14(12-16)11-15(3)4/h11-13H,5-10H2,1-4H3/t13-/m0/s1. The first-order valence-electron chi connectivity index (χ1n) is 6.56. The molecule has 0 spiro atoms. The molecular weight excluding hydrogens is 214 g/mol. The Hall–Kier alpha value is -0.990. The van der Waals surface area contributed by atoms with E-state index < -0.39 is 0 Å². The van der Waals surface area contributed by atoms with Crippen molar-refractivity contribution in [2.24, 2.45) is 5.92 Å². The highest BCUT2D eigenvalue weighted by atomic mass is 16.5. The van der Waals surface area contributed by atoms with Crippen molar-refractivity contribution in [1.29, 1.82) is 0 Å². The van der Waals surface area contributed by atoms with E-state index in [0.717, 1.165) is 18.6 Å². The van der Waals surface area contributed by atoms with Gasteiger partial charge in [-0.2, -0.15) is 0 Å². The maximum atomic E-state index is 10.7. The van der Waals surface area contributed by atoms with Gasteiger partial charge in [-0.3, -0.25) is 4.79 Å². The monoisotopic (exact) mass is 241 g/mol. The van der Waals surface area contributed by atoms with E-state index >= 15 is 0 Å². The summed E-state index contributed by atoms with van der Waals surface area (Å²) in [7, 11) is 3.75. The zero-order valence-corrected chi connectivity index (χ0v) is 11.7. The van der Waals surface area contributed by atoms with E-state index in [1.54, 1.807) is 6.20 Å². The van der Waals surface area contributed by atoms with Crippen LogP contribution in [0.25, 0.3) is 0 Å². The van der Waals surface area contributed by atoms with Gasteiger partial charge in [0, 0.05) is 20.3 Å². The van der Waals surface area contributed by atoms with Gasteiger partial charge in [0.25, 0.3) is 0 Å². The third-order valence-corrected chi connectivity index (χ3v) is 2.81. The molecule has 0 fully saturated rings. The molecule has 0 saturated carbocycles. The Morgan fingerprint density at radius 3 is 2.53 bits per heavy atom. The van der Waals surface area contributed by atoms with Crippen LogP contribution in [0, 0.1) is 5.92 Å². The molecule has 3 heteroatoms. The summed E-state index contributed by atoms with van der Waals surface area (Å²) in [6, 6.07) is 0. The number of carbonyl (C=O) groups excluding carboxylic acids is 1. The molecule has 0 aliphatic carbocycles. The first-order valence-corrected chi connectivity index (χ1v) is 6.56. The second-order valence-corrected chi connectivity index (χ2v) is 4.82. The zero-order valence-electron chi connectivity index (χ0n) is 11.7. The number of rotatable bonds is 10. The summed E-state index contributed by atoms with van der Waals surface area (Å²) in [5, 5.41) is 0. The molecular formula is C14H27NO2. The first kappa shape index (κ1) is 16.0. The highest BCUT2D eigenvalue weighted by molar-refractivity contribution is 5.69. The van der Waals surface area contributed by atoms with E-state index in [1.807, 2.05) is 19.0 Å². The Labute approximate surface area is 106 Å². The second-order valence-electron chi connectivity index (χ2n) is 4.82. The van der Waals surface area contributed by atoms with Crippen molar-refractivity contribution in [2.75, 3.05) is 20.7 Å². The second kappa shape index (κ2) is 10.2. The van der Waals surface area contributed by atoms with Crippen LogP contribution in [-0.4, -0.2) is 31.9 Å². The van der Waals surface area contributed by atoms with E-state index in [0.29, 0.717) is 12.4 Å². The van der Waals surface area contributed by atoms with Crippen molar-refractivity contribution in [1.82, 2.24) is 4.90 Å². The largest absolute Gasteiger partial charge is 0.489 e. The Kier molecular flexibility index (Phi) is 9.59. The van der Waals surface area contributed by atoms with Crippen LogP contribution in [0.15, 0.2) is 12.0 Å². The number of allylic oxidation sites excluding steroid dienone is 1. The fraction of sp³-hybridized carbons (Fsp3) is 0.786. The number of ether oxygens (including phenoxy) is 1. The Balaban J connectivity index is 3.53. The normalized spacial score (nSPS) is 13.3. The van der Waals surface area contributed by atoms with E-state index in [2.05, 4.69) is 13.8 Å². The maximum Gasteiger partial charge on any atom is 0.186 e. The number of unbranched alkanes of at least 4 members (excludes halogenated alkanes) is 2. The molecule has 0 bridgehead atoms. The Morgan fingerprint density at radius 2 is 2.00 bits per heavy atom. The predicted octanol–water partition coefficient (Wildman–Crippen LogP) is 3.21. The molecule has 17 heavy (non-hydrogen) atoms. The van der Waals surface area contributed by atoms with Crippen molar-refractivity contribution in [2.45, 2.75) is 46.0 Å². The minimum Gasteiger partial charge on any atom is -0.489 e. The van der Waals surface area contributed by atoms with Crippen molar-refractivity contribution < 1.29 is 9.53 Å². The maximum absolute atomic E-state index is 10.7. The average Bonchev–Trinajstić information content (AvgIpc) is 2.30. The smallest absolute Gasteiger partial charge is 0.186 e. The van der Waals surface area contributed by atoms with Crippen LogP contribution in [0.2, 0.25) is 0 Å². The molecule has 0 saturated heterocycles. The molecule has 0 unspecified atom stereocenters. The van der Waals surface area contributed by atoms with E-state index in [1.165, 1.54) is 25.7 Å². The van der Waals surface area contributed by atoms with E-state index in [-0.39, 0.29) is 0 Å². The lowest BCUT2D eigenvalue weighted by Crippen LogP contribution is -2.06. The Bertz CT molecular complexity index is 224. The number of nitrogens with zero attached hydrogens (tertiary/aromatic N) is 1. The molecule has 0 aromatic carbocycles. The number of aldehydes is 1. The van der Waals surface area contributed by atoms with Gasteiger partial charge in [0.1, 0.15) is 0 Å². The van der Waals surface area contributed by atoms with Gasteiger partial charge < -0.3 is 9.64 Å². The summed E-state index contributed by atoms with van der Waals surface area (Å²) < 4.78 is 5.39. The van der Waals surface area contributed by atoms with Crippen molar-refractivity contribution >= 4 is 6.29 Å². The topological polar surface area (TPSA) is 29.5 Å². The SMILES string of the molecule is CC[C@H](C)CCCCCOC(C=O)=CN(C)C. The van der Waals surface area contributed by atoms with Gasteiger partial charge >= 0.3 is 0 Å². The molecule has 0 N–H and O–H groups in total. The fourth-order valence-electron chi connectivity index (χ4n) is 1.52. The third-order valence-electron chi connectivity index (χ3n) is 2.81. The summed E-state index contributed by atoms with van der Waals surface area (Å²) >= 11 is 0. The van der Waals surface area contributed by atoms with Crippen molar-refractivity contribution in [3.63, 3.8) is 0 Å². The quantitative estimate of drug-likeness (QED) is 0.254. The van der Waals surface area contributed by atoms with Gasteiger partial charge in [-0.1, -0.05) is 39.5 Å². The zero-order chi connectivity index (χ0) is 13.1. The molecule has 0 aliphatic rings. The predicted molar refractivity (Wildman–Crippen MR) is 71.7 cm³/mol. The molecule has 0 aliphatic heterocycles. The summed E-state index contributed by atoms with van der Waals surface area (Å²) in [4.78, 5) is 12.5. The van der Waals surface area contributed by atoms with Crippen LogP contribution < -0.4 is 0 Å². The van der Waals surface area contributed by atoms with Gasteiger partial charge in [0.2, 0.25) is 0 Å². The Morgan fingerprint density at radius 1 is 1.29 bits per heavy atom. The van der Waals surface area contributed by atoms with Crippen molar-refractivity contribution in [3.05, 3.63) is 12.0 Å². The van der Waals surface area contributed by atoms with Crippen LogP contribution in [-0.2, 0) is 9.53 Å². The van der Waals surface area contributed by atoms with E-state index in [9.17, 15) is 4.79 Å². The lowest BCUT2D eigenvalue weighted by Gasteiger charge is -2.10. The van der Waals surface area contributed by atoms with Gasteiger partial charge in [0.15, 0.2) is 12.0 Å². The molecule has 0 amide bonds. The molecule has 0 radical (unpaired) electrons. The summed E-state index contributed by atoms with van der Waals surface area (Å²) in [6.07, 6.45) is 8.48. The first-order chi connectivity index (χ1) is 8.10. The minimum absolute atomic E-state index is 0.414. The summed E-state index contributed by atoms with van der Waals surface area (Å²) in [6.45, 7) is 5.16. The number of hydrogen-bond acceptors (Lipinski definition) is 3. The average molecular weight is 241 g/mol. The van der Waals surface area contributed by atoms with Gasteiger partial charge in [-0.25, -0.2) is 0 Å². The minimum atomic E-state index is 0.414. The van der Waals surface area contributed by atoms with Crippen LogP contribution in [0.5, 0.6) is 0 Å². The van der Waals surface area contributed by atoms with Crippen LogP contribution >= 0.6 is 0 Å². The number of hydrogen-bond donors (Lipinski definition) is 0.